The molecule has 1 spiro atoms. The lowest BCUT2D eigenvalue weighted by Crippen LogP contribution is -2.39. The lowest BCUT2D eigenvalue weighted by Gasteiger charge is -2.49. The van der Waals surface area contributed by atoms with Crippen LogP contribution in [0.2, 0.25) is 0 Å². The monoisotopic (exact) mass is 226 g/mol. The van der Waals surface area contributed by atoms with E-state index in [0.717, 1.165) is 25.7 Å². The maximum atomic E-state index is 8.92. The molecule has 2 aliphatic carbocycles. The summed E-state index contributed by atoms with van der Waals surface area (Å²) in [5.74, 6) is -2.40. The Morgan fingerprint density at radius 1 is 1.12 bits per heavy atom. The molecular weight excluding hydrogens is 192 g/mol. The van der Waals surface area contributed by atoms with Crippen molar-refractivity contribution < 1.29 is 5.48 Å². The third-order valence-corrected chi connectivity index (χ3v) is 4.37. The van der Waals surface area contributed by atoms with Crippen molar-refractivity contribution in [3.8, 4) is 0 Å². The first kappa shape index (κ1) is 8.16. The van der Waals surface area contributed by atoms with Gasteiger partial charge in [-0.15, -0.1) is 0 Å². The minimum Gasteiger partial charge on any atom is -0.0622 e. The average Bonchev–Trinajstić information content (AvgIpc) is 2.23. The second-order valence-corrected chi connectivity index (χ2v) is 7.00. The zero-order chi connectivity index (χ0) is 15.4. The molecule has 0 aromatic heterocycles. The van der Waals surface area contributed by atoms with Gasteiger partial charge in [-0.05, 0) is 54.7 Å². The second kappa shape index (κ2) is 4.35. The van der Waals surface area contributed by atoms with Gasteiger partial charge in [0.2, 0.25) is 0 Å². The zero-order valence-corrected chi connectivity index (χ0v) is 11.4. The molecule has 0 nitrogen and oxygen atoms in total. The van der Waals surface area contributed by atoms with Gasteiger partial charge in [0.05, 0.1) is 0 Å². The molecule has 0 bridgehead atoms. The third kappa shape index (κ3) is 2.46. The van der Waals surface area contributed by atoms with Crippen LogP contribution < -0.4 is 0 Å². The zero-order valence-electron chi connectivity index (χ0n) is 15.4. The predicted octanol–water partition coefficient (Wildman–Crippen LogP) is 5.42. The molecule has 2 aliphatic rings. The molecule has 0 N–H and O–H groups in total. The fourth-order valence-corrected chi connectivity index (χ4v) is 3.70. The SMILES string of the molecule is [2H]C1([2H])CC2(CCCCC2)CC([2H])(C)C1([2H])C(C)(C)C. The predicted molar refractivity (Wildman–Crippen MR) is 71.5 cm³/mol. The molecule has 2 atom stereocenters. The van der Waals surface area contributed by atoms with Crippen LogP contribution in [-0.2, 0) is 0 Å². The van der Waals surface area contributed by atoms with Crippen molar-refractivity contribution in [2.45, 2.75) is 79.0 Å². The van der Waals surface area contributed by atoms with Crippen LogP contribution >= 0.6 is 0 Å². The quantitative estimate of drug-likeness (QED) is 0.517. The van der Waals surface area contributed by atoms with E-state index in [1.54, 1.807) is 6.92 Å². The van der Waals surface area contributed by atoms with Crippen molar-refractivity contribution >= 4 is 0 Å². The van der Waals surface area contributed by atoms with Gasteiger partial charge in [-0.3, -0.25) is 0 Å². The Labute approximate surface area is 108 Å². The lowest BCUT2D eigenvalue weighted by atomic mass is 9.56. The van der Waals surface area contributed by atoms with Crippen molar-refractivity contribution in [1.29, 1.82) is 0 Å². The van der Waals surface area contributed by atoms with Gasteiger partial charge in [0.1, 0.15) is 0 Å². The van der Waals surface area contributed by atoms with Crippen LogP contribution in [0.1, 0.15) is 84.5 Å². The van der Waals surface area contributed by atoms with Crippen LogP contribution in [0.25, 0.3) is 0 Å². The van der Waals surface area contributed by atoms with E-state index in [0.29, 0.717) is 12.8 Å². The summed E-state index contributed by atoms with van der Waals surface area (Å²) >= 11 is 0. The van der Waals surface area contributed by atoms with Crippen LogP contribution in [0.15, 0.2) is 0 Å². The molecule has 0 amide bonds. The Hall–Kier alpha value is 0. The standard InChI is InChI=1S/C16H30/c1-13-12-16(9-6-5-7-10-16)11-8-14(13)15(2,3)4/h13-14H,5-12H2,1-4H3/i8D2,13D,14D. The largest absolute Gasteiger partial charge is 0.0622 e. The van der Waals surface area contributed by atoms with E-state index in [1.165, 1.54) is 6.42 Å². The summed E-state index contributed by atoms with van der Waals surface area (Å²) in [7, 11) is 0. The summed E-state index contributed by atoms with van der Waals surface area (Å²) in [6, 6.07) is 0. The lowest BCUT2D eigenvalue weighted by molar-refractivity contribution is 0.0141. The second-order valence-electron chi connectivity index (χ2n) is 7.00. The summed E-state index contributed by atoms with van der Waals surface area (Å²) in [6.07, 6.45) is 5.19. The first-order chi connectivity index (χ1) is 8.87. The van der Waals surface area contributed by atoms with Crippen molar-refractivity contribution in [1.82, 2.24) is 0 Å². The minimum atomic E-state index is -1.60. The van der Waals surface area contributed by atoms with Gasteiger partial charge in [0.25, 0.3) is 0 Å². The highest BCUT2D eigenvalue weighted by Gasteiger charge is 2.42. The van der Waals surface area contributed by atoms with Crippen LogP contribution in [0.4, 0.5) is 0 Å². The summed E-state index contributed by atoms with van der Waals surface area (Å²) in [4.78, 5) is 0. The van der Waals surface area contributed by atoms with E-state index in [-0.39, 0.29) is 5.41 Å². The molecule has 2 saturated carbocycles. The maximum Gasteiger partial charge on any atom is 0.0311 e. The summed E-state index contributed by atoms with van der Waals surface area (Å²) < 4.78 is 35.0. The highest BCUT2D eigenvalue weighted by Crippen LogP contribution is 2.54. The number of hydrogen-bond donors (Lipinski definition) is 0. The van der Waals surface area contributed by atoms with Crippen LogP contribution in [-0.4, -0.2) is 0 Å². The van der Waals surface area contributed by atoms with Gasteiger partial charge in [0.15, 0.2) is 0 Å². The van der Waals surface area contributed by atoms with Crippen molar-refractivity contribution in [2.24, 2.45) is 22.6 Å². The smallest absolute Gasteiger partial charge is 0.0311 e. The van der Waals surface area contributed by atoms with Gasteiger partial charge in [-0.25, -0.2) is 0 Å². The Balaban J connectivity index is 2.45. The van der Waals surface area contributed by atoms with E-state index in [9.17, 15) is 0 Å². The number of hydrogen-bond acceptors (Lipinski definition) is 0. The van der Waals surface area contributed by atoms with Gasteiger partial charge >= 0.3 is 0 Å². The van der Waals surface area contributed by atoms with Crippen LogP contribution in [0.5, 0.6) is 0 Å². The molecule has 0 heterocycles. The first-order valence-electron chi connectivity index (χ1n) is 8.87. The average molecular weight is 226 g/mol. The molecule has 0 aromatic rings. The van der Waals surface area contributed by atoms with Crippen LogP contribution in [0.3, 0.4) is 0 Å². The fraction of sp³-hybridized carbons (Fsp3) is 1.00. The summed E-state index contributed by atoms with van der Waals surface area (Å²) in [5.41, 5.74) is -0.572. The van der Waals surface area contributed by atoms with E-state index < -0.39 is 23.6 Å². The first-order valence-corrected chi connectivity index (χ1v) is 6.87. The van der Waals surface area contributed by atoms with Gasteiger partial charge in [-0.2, -0.15) is 0 Å². The van der Waals surface area contributed by atoms with Gasteiger partial charge in [0, 0.05) is 5.48 Å². The Kier molecular flexibility index (Phi) is 2.22. The highest BCUT2D eigenvalue weighted by molar-refractivity contribution is 4.93. The molecular formula is C16H30. The molecule has 2 unspecified atom stereocenters. The van der Waals surface area contributed by atoms with Crippen molar-refractivity contribution in [2.75, 3.05) is 0 Å². The van der Waals surface area contributed by atoms with Crippen molar-refractivity contribution in [3.63, 3.8) is 0 Å². The van der Waals surface area contributed by atoms with Crippen LogP contribution in [0, 0.1) is 22.6 Å². The van der Waals surface area contributed by atoms with E-state index in [1.807, 2.05) is 20.8 Å². The Morgan fingerprint density at radius 2 is 1.75 bits per heavy atom. The summed E-state index contributed by atoms with van der Waals surface area (Å²) in [5, 5.41) is 0. The molecule has 2 fully saturated rings. The molecule has 16 heavy (non-hydrogen) atoms. The fourth-order valence-electron chi connectivity index (χ4n) is 3.70. The minimum absolute atomic E-state index is 0.0337. The van der Waals surface area contributed by atoms with E-state index in [2.05, 4.69) is 0 Å². The highest BCUT2D eigenvalue weighted by atomic mass is 14.5. The molecule has 0 saturated heterocycles. The normalized spacial score (nSPS) is 51.2. The van der Waals surface area contributed by atoms with E-state index >= 15 is 0 Å². The molecule has 0 aliphatic heterocycles. The van der Waals surface area contributed by atoms with Gasteiger partial charge < -0.3 is 0 Å². The third-order valence-electron chi connectivity index (χ3n) is 4.37. The molecule has 0 radical (unpaired) electrons. The Morgan fingerprint density at radius 3 is 2.25 bits per heavy atom. The topological polar surface area (TPSA) is 0 Å². The van der Waals surface area contributed by atoms with Crippen molar-refractivity contribution in [3.05, 3.63) is 0 Å². The number of rotatable bonds is 0. The van der Waals surface area contributed by atoms with Gasteiger partial charge in [-0.1, -0.05) is 47.0 Å². The molecule has 0 heteroatoms. The van der Waals surface area contributed by atoms with E-state index in [4.69, 9.17) is 5.48 Å². The molecule has 2 rings (SSSR count). The Bertz CT molecular complexity index is 352. The maximum absolute atomic E-state index is 8.92. The molecule has 94 valence electrons. The molecule has 0 aromatic carbocycles. The summed E-state index contributed by atoms with van der Waals surface area (Å²) in [6.45, 7) is 7.56.